The lowest BCUT2D eigenvalue weighted by molar-refractivity contribution is -0.143. The van der Waals surface area contributed by atoms with Gasteiger partial charge in [-0.2, -0.15) is 18.3 Å². The van der Waals surface area contributed by atoms with Crippen molar-refractivity contribution in [2.24, 2.45) is 7.05 Å². The molecule has 1 aromatic carbocycles. The van der Waals surface area contributed by atoms with Gasteiger partial charge in [-0.05, 0) is 12.1 Å². The third-order valence-electron chi connectivity index (χ3n) is 2.85. The maximum absolute atomic E-state index is 14.1. The average molecular weight is 367 g/mol. The SMILES string of the molecule is C#CCOc1cc(-c2nn(C)c(C(F)(F)F)c2Cl)c(F)cc1Cl. The smallest absolute Gasteiger partial charge is 0.434 e. The summed E-state index contributed by atoms with van der Waals surface area (Å²) in [6.07, 6.45) is 0.313. The number of benzene rings is 1. The second-order valence-electron chi connectivity index (χ2n) is 4.39. The van der Waals surface area contributed by atoms with Crippen LogP contribution in [0.5, 0.6) is 5.75 Å². The Morgan fingerprint density at radius 2 is 2.00 bits per heavy atom. The molecule has 0 aliphatic heterocycles. The molecule has 0 bridgehead atoms. The van der Waals surface area contributed by atoms with Crippen LogP contribution < -0.4 is 4.74 Å². The number of hydrogen-bond acceptors (Lipinski definition) is 2. The number of ether oxygens (including phenoxy) is 1. The van der Waals surface area contributed by atoms with Crippen molar-refractivity contribution in [3.8, 4) is 29.4 Å². The van der Waals surface area contributed by atoms with Crippen LogP contribution in [0.3, 0.4) is 0 Å². The molecule has 122 valence electrons. The van der Waals surface area contributed by atoms with Crippen molar-refractivity contribution in [1.29, 1.82) is 0 Å². The highest BCUT2D eigenvalue weighted by Gasteiger charge is 2.39. The van der Waals surface area contributed by atoms with Crippen LogP contribution in [0.4, 0.5) is 17.6 Å². The highest BCUT2D eigenvalue weighted by atomic mass is 35.5. The van der Waals surface area contributed by atoms with E-state index >= 15 is 0 Å². The van der Waals surface area contributed by atoms with Gasteiger partial charge in [-0.3, -0.25) is 4.68 Å². The molecule has 0 fully saturated rings. The zero-order chi connectivity index (χ0) is 17.4. The number of terminal acetylenes is 1. The van der Waals surface area contributed by atoms with Gasteiger partial charge in [0.2, 0.25) is 0 Å². The van der Waals surface area contributed by atoms with Gasteiger partial charge in [0.05, 0.1) is 10.0 Å². The Hall–Kier alpha value is -1.91. The van der Waals surface area contributed by atoms with E-state index in [0.29, 0.717) is 4.68 Å². The molecular formula is C14H8Cl2F4N2O. The van der Waals surface area contributed by atoms with Crippen LogP contribution in [0.25, 0.3) is 11.3 Å². The monoisotopic (exact) mass is 366 g/mol. The van der Waals surface area contributed by atoms with E-state index in [4.69, 9.17) is 34.4 Å². The van der Waals surface area contributed by atoms with Crippen LogP contribution in [0.1, 0.15) is 5.69 Å². The number of nitrogens with zero attached hydrogens (tertiary/aromatic N) is 2. The second-order valence-corrected chi connectivity index (χ2v) is 5.17. The van der Waals surface area contributed by atoms with E-state index in [-0.39, 0.29) is 28.6 Å². The molecule has 0 saturated carbocycles. The highest BCUT2D eigenvalue weighted by Crippen LogP contribution is 2.41. The second kappa shape index (κ2) is 6.30. The lowest BCUT2D eigenvalue weighted by Gasteiger charge is -2.08. The van der Waals surface area contributed by atoms with E-state index < -0.39 is 22.7 Å². The maximum Gasteiger partial charge on any atom is 0.434 e. The first-order chi connectivity index (χ1) is 10.7. The van der Waals surface area contributed by atoms with Gasteiger partial charge in [0.1, 0.15) is 23.9 Å². The van der Waals surface area contributed by atoms with Gasteiger partial charge >= 0.3 is 6.18 Å². The topological polar surface area (TPSA) is 27.1 Å². The normalized spacial score (nSPS) is 11.4. The third-order valence-corrected chi connectivity index (χ3v) is 3.50. The van der Waals surface area contributed by atoms with Crippen LogP contribution in [-0.2, 0) is 13.2 Å². The molecule has 0 aliphatic rings. The fourth-order valence-electron chi connectivity index (χ4n) is 1.92. The van der Waals surface area contributed by atoms with Gasteiger partial charge in [0.15, 0.2) is 5.69 Å². The van der Waals surface area contributed by atoms with Gasteiger partial charge in [0.25, 0.3) is 0 Å². The maximum atomic E-state index is 14.1. The molecule has 9 heteroatoms. The number of aromatic nitrogens is 2. The Morgan fingerprint density at radius 1 is 1.35 bits per heavy atom. The summed E-state index contributed by atoms with van der Waals surface area (Å²) in [6, 6.07) is 1.99. The predicted molar refractivity (Wildman–Crippen MR) is 78.0 cm³/mol. The highest BCUT2D eigenvalue weighted by molar-refractivity contribution is 6.34. The summed E-state index contributed by atoms with van der Waals surface area (Å²) in [5, 5.41) is 2.85. The lowest BCUT2D eigenvalue weighted by Crippen LogP contribution is -2.12. The zero-order valence-electron chi connectivity index (χ0n) is 11.5. The number of halogens is 6. The van der Waals surface area contributed by atoms with Gasteiger partial charge < -0.3 is 4.74 Å². The largest absolute Gasteiger partial charge is 0.479 e. The molecule has 2 aromatic rings. The number of aryl methyl sites for hydroxylation is 1. The van der Waals surface area contributed by atoms with Gasteiger partial charge in [-0.15, -0.1) is 6.42 Å². The van der Waals surface area contributed by atoms with Crippen LogP contribution in [-0.4, -0.2) is 16.4 Å². The summed E-state index contributed by atoms with van der Waals surface area (Å²) in [5.41, 5.74) is -1.84. The van der Waals surface area contributed by atoms with Crippen molar-refractivity contribution in [3.05, 3.63) is 33.7 Å². The lowest BCUT2D eigenvalue weighted by atomic mass is 10.1. The van der Waals surface area contributed by atoms with E-state index in [2.05, 4.69) is 11.0 Å². The summed E-state index contributed by atoms with van der Waals surface area (Å²) >= 11 is 11.5. The summed E-state index contributed by atoms with van der Waals surface area (Å²) < 4.78 is 58.6. The molecule has 3 nitrogen and oxygen atoms in total. The molecule has 0 atom stereocenters. The van der Waals surface area contributed by atoms with Gasteiger partial charge in [-0.1, -0.05) is 29.1 Å². The molecule has 0 spiro atoms. The van der Waals surface area contributed by atoms with Crippen LogP contribution in [0, 0.1) is 18.2 Å². The van der Waals surface area contributed by atoms with Crippen molar-refractivity contribution in [2.75, 3.05) is 6.61 Å². The van der Waals surface area contributed by atoms with Crippen molar-refractivity contribution in [1.82, 2.24) is 9.78 Å². The molecule has 1 aromatic heterocycles. The average Bonchev–Trinajstić information content (AvgIpc) is 2.72. The summed E-state index contributed by atoms with van der Waals surface area (Å²) in [5.74, 6) is 1.31. The van der Waals surface area contributed by atoms with E-state index in [1.54, 1.807) is 0 Å². The Labute approximate surface area is 138 Å². The zero-order valence-corrected chi connectivity index (χ0v) is 13.0. The minimum atomic E-state index is -4.73. The van der Waals surface area contributed by atoms with Crippen LogP contribution in [0.15, 0.2) is 12.1 Å². The number of hydrogen-bond donors (Lipinski definition) is 0. The predicted octanol–water partition coefficient (Wildman–Crippen LogP) is 4.56. The van der Waals surface area contributed by atoms with Crippen LogP contribution in [0.2, 0.25) is 10.0 Å². The molecule has 23 heavy (non-hydrogen) atoms. The van der Waals surface area contributed by atoms with Gasteiger partial charge in [0, 0.05) is 12.6 Å². The molecular weight excluding hydrogens is 359 g/mol. The molecule has 0 unspecified atom stereocenters. The van der Waals surface area contributed by atoms with Crippen molar-refractivity contribution < 1.29 is 22.3 Å². The number of alkyl halides is 3. The molecule has 2 rings (SSSR count). The summed E-state index contributed by atoms with van der Waals surface area (Å²) in [6.45, 7) is -0.144. The molecule has 0 amide bonds. The molecule has 0 saturated heterocycles. The van der Waals surface area contributed by atoms with Gasteiger partial charge in [-0.25, -0.2) is 4.39 Å². The quantitative estimate of drug-likeness (QED) is 0.587. The Bertz CT molecular complexity index is 794. The minimum Gasteiger partial charge on any atom is -0.479 e. The Morgan fingerprint density at radius 3 is 2.52 bits per heavy atom. The van der Waals surface area contributed by atoms with E-state index in [9.17, 15) is 17.6 Å². The molecule has 0 aliphatic carbocycles. The molecule has 0 N–H and O–H groups in total. The fourth-order valence-corrected chi connectivity index (χ4v) is 2.49. The van der Waals surface area contributed by atoms with Crippen LogP contribution >= 0.6 is 23.2 Å². The van der Waals surface area contributed by atoms with E-state index in [0.717, 1.165) is 19.2 Å². The first-order valence-electron chi connectivity index (χ1n) is 6.02. The summed E-state index contributed by atoms with van der Waals surface area (Å²) in [7, 11) is 1.06. The fraction of sp³-hybridized carbons (Fsp3) is 0.214. The van der Waals surface area contributed by atoms with E-state index in [1.807, 2.05) is 0 Å². The Balaban J connectivity index is 2.61. The van der Waals surface area contributed by atoms with E-state index in [1.165, 1.54) is 0 Å². The minimum absolute atomic E-state index is 0.0105. The molecule has 1 heterocycles. The standard InChI is InChI=1S/C14H8Cl2F4N2O/c1-3-4-23-10-5-7(9(17)6-8(10)15)12-11(16)13(14(18,19)20)22(2)21-12/h1,5-6H,4H2,2H3. The Kier molecular flexibility index (Phi) is 4.78. The van der Waals surface area contributed by atoms with Crippen molar-refractivity contribution >= 4 is 23.2 Å². The van der Waals surface area contributed by atoms with Crippen molar-refractivity contribution in [3.63, 3.8) is 0 Å². The molecule has 0 radical (unpaired) electrons. The van der Waals surface area contributed by atoms with Crippen molar-refractivity contribution in [2.45, 2.75) is 6.18 Å². The first-order valence-corrected chi connectivity index (χ1v) is 6.77. The first kappa shape index (κ1) is 17.4. The third kappa shape index (κ3) is 3.38. The summed E-state index contributed by atoms with van der Waals surface area (Å²) in [4.78, 5) is 0. The number of rotatable bonds is 3.